The number of anilines is 1. The first-order valence-electron chi connectivity index (χ1n) is 10.1. The number of nitrogens with zero attached hydrogens (tertiary/aromatic N) is 4. The topological polar surface area (TPSA) is 41.4 Å². The van der Waals surface area contributed by atoms with Crippen LogP contribution in [0.25, 0.3) is 5.69 Å². The number of aryl methyl sites for hydroxylation is 1. The molecule has 1 aromatic heterocycles. The molecule has 0 bridgehead atoms. The van der Waals surface area contributed by atoms with Crippen LogP contribution in [0.15, 0.2) is 59.5 Å². The second-order valence-electron chi connectivity index (χ2n) is 7.38. The summed E-state index contributed by atoms with van der Waals surface area (Å²) < 4.78 is 15.0. The highest BCUT2D eigenvalue weighted by Crippen LogP contribution is 2.28. The summed E-state index contributed by atoms with van der Waals surface area (Å²) in [7, 11) is 0. The van der Waals surface area contributed by atoms with Gasteiger partial charge in [-0.15, -0.1) is 11.8 Å². The van der Waals surface area contributed by atoms with Gasteiger partial charge in [-0.2, -0.15) is 5.10 Å². The Morgan fingerprint density at radius 2 is 1.67 bits per heavy atom. The van der Waals surface area contributed by atoms with Crippen molar-refractivity contribution in [3.8, 4) is 5.69 Å². The van der Waals surface area contributed by atoms with Gasteiger partial charge < -0.3 is 9.80 Å². The summed E-state index contributed by atoms with van der Waals surface area (Å²) in [6.45, 7) is 7.10. The molecular weight excluding hydrogens is 399 g/mol. The summed E-state index contributed by atoms with van der Waals surface area (Å²) in [5.74, 6) is 0.232. The number of rotatable bonds is 5. The van der Waals surface area contributed by atoms with E-state index in [1.165, 1.54) is 23.9 Å². The van der Waals surface area contributed by atoms with E-state index in [1.807, 2.05) is 34.7 Å². The number of carbonyl (C=O) groups excluding carboxylic acids is 1. The number of aromatic nitrogens is 2. The van der Waals surface area contributed by atoms with E-state index in [9.17, 15) is 9.18 Å². The minimum absolute atomic E-state index is 0.123. The van der Waals surface area contributed by atoms with Crippen molar-refractivity contribution in [3.05, 3.63) is 71.8 Å². The second-order valence-corrected chi connectivity index (χ2v) is 8.43. The van der Waals surface area contributed by atoms with Crippen LogP contribution in [-0.4, -0.2) is 52.5 Å². The molecule has 7 heteroatoms. The quantitative estimate of drug-likeness (QED) is 0.579. The lowest BCUT2D eigenvalue weighted by molar-refractivity contribution is -0.128. The minimum Gasteiger partial charge on any atom is -0.365 e. The van der Waals surface area contributed by atoms with Crippen LogP contribution in [0.4, 0.5) is 10.1 Å². The summed E-state index contributed by atoms with van der Waals surface area (Å²) in [5.41, 5.74) is 4.33. The normalized spacial score (nSPS) is 14.2. The van der Waals surface area contributed by atoms with Crippen molar-refractivity contribution in [1.82, 2.24) is 14.7 Å². The molecule has 0 saturated carbocycles. The molecule has 0 N–H and O–H groups in total. The average molecular weight is 425 g/mol. The highest BCUT2D eigenvalue weighted by Gasteiger charge is 2.25. The molecule has 0 atom stereocenters. The smallest absolute Gasteiger partial charge is 0.233 e. The summed E-state index contributed by atoms with van der Waals surface area (Å²) in [4.78, 5) is 17.7. The molecule has 5 nitrogen and oxygen atoms in total. The van der Waals surface area contributed by atoms with Gasteiger partial charge in [-0.25, -0.2) is 9.07 Å². The van der Waals surface area contributed by atoms with Crippen molar-refractivity contribution in [2.75, 3.05) is 36.8 Å². The van der Waals surface area contributed by atoms with E-state index < -0.39 is 0 Å². The molecule has 1 fully saturated rings. The number of para-hydroxylation sites is 1. The minimum atomic E-state index is -0.261. The molecule has 4 rings (SSSR count). The van der Waals surface area contributed by atoms with E-state index in [4.69, 9.17) is 5.10 Å². The lowest BCUT2D eigenvalue weighted by atomic mass is 10.2. The number of halogens is 1. The summed E-state index contributed by atoms with van der Waals surface area (Å²) in [5, 5.41) is 4.74. The number of thioether (sulfide) groups is 1. The van der Waals surface area contributed by atoms with E-state index in [0.717, 1.165) is 40.7 Å². The van der Waals surface area contributed by atoms with Gasteiger partial charge in [0, 0.05) is 31.1 Å². The molecule has 0 spiro atoms. The molecule has 1 aliphatic rings. The standard InChI is InChI=1S/C23H25FN4OS/c1-17-23(18(2)28(25-17)20-6-4-3-5-7-20)27-14-12-26(13-15-27)22(29)16-30-21-10-8-19(24)9-11-21/h3-11H,12-16H2,1-2H3. The Morgan fingerprint density at radius 3 is 2.33 bits per heavy atom. The Labute approximate surface area is 180 Å². The van der Waals surface area contributed by atoms with Gasteiger partial charge in [-0.1, -0.05) is 18.2 Å². The fourth-order valence-corrected chi connectivity index (χ4v) is 4.66. The van der Waals surface area contributed by atoms with Crippen LogP contribution in [-0.2, 0) is 4.79 Å². The van der Waals surface area contributed by atoms with Crippen LogP contribution in [0, 0.1) is 19.7 Å². The molecule has 2 heterocycles. The Hall–Kier alpha value is -2.80. The largest absolute Gasteiger partial charge is 0.365 e. The molecule has 156 valence electrons. The van der Waals surface area contributed by atoms with Gasteiger partial charge in [0.15, 0.2) is 0 Å². The first-order chi connectivity index (χ1) is 14.5. The predicted molar refractivity (Wildman–Crippen MR) is 119 cm³/mol. The third-order valence-corrected chi connectivity index (χ3v) is 6.38. The molecule has 1 saturated heterocycles. The van der Waals surface area contributed by atoms with E-state index in [-0.39, 0.29) is 11.7 Å². The lowest BCUT2D eigenvalue weighted by Gasteiger charge is -2.36. The van der Waals surface area contributed by atoms with Gasteiger partial charge in [-0.3, -0.25) is 4.79 Å². The van der Waals surface area contributed by atoms with Crippen LogP contribution in [0.5, 0.6) is 0 Å². The van der Waals surface area contributed by atoms with Crippen LogP contribution >= 0.6 is 11.8 Å². The maximum absolute atomic E-state index is 13.0. The van der Waals surface area contributed by atoms with E-state index >= 15 is 0 Å². The van der Waals surface area contributed by atoms with Crippen LogP contribution in [0.3, 0.4) is 0 Å². The van der Waals surface area contributed by atoms with E-state index in [2.05, 4.69) is 24.0 Å². The zero-order chi connectivity index (χ0) is 21.1. The first-order valence-corrected chi connectivity index (χ1v) is 11.0. The van der Waals surface area contributed by atoms with Gasteiger partial charge in [0.2, 0.25) is 5.91 Å². The number of piperazine rings is 1. The van der Waals surface area contributed by atoms with Crippen molar-refractivity contribution in [2.24, 2.45) is 0 Å². The molecule has 0 aliphatic carbocycles. The van der Waals surface area contributed by atoms with Crippen LogP contribution < -0.4 is 4.90 Å². The van der Waals surface area contributed by atoms with Crippen molar-refractivity contribution in [2.45, 2.75) is 18.7 Å². The number of hydrogen-bond donors (Lipinski definition) is 0. The van der Waals surface area contributed by atoms with Crippen LogP contribution in [0.1, 0.15) is 11.4 Å². The molecule has 1 amide bonds. The number of benzene rings is 2. The average Bonchev–Trinajstić information content (AvgIpc) is 3.08. The van der Waals surface area contributed by atoms with Crippen molar-refractivity contribution >= 4 is 23.4 Å². The third-order valence-electron chi connectivity index (χ3n) is 5.38. The summed E-state index contributed by atoms with van der Waals surface area (Å²) in [6, 6.07) is 16.4. The highest BCUT2D eigenvalue weighted by atomic mass is 32.2. The van der Waals surface area contributed by atoms with Gasteiger partial charge in [0.25, 0.3) is 0 Å². The number of amides is 1. The van der Waals surface area contributed by atoms with Crippen LogP contribution in [0.2, 0.25) is 0 Å². The molecule has 3 aromatic rings. The van der Waals surface area contributed by atoms with Gasteiger partial charge in [0.1, 0.15) is 5.82 Å². The zero-order valence-corrected chi connectivity index (χ0v) is 18.0. The second kappa shape index (κ2) is 8.92. The molecule has 0 radical (unpaired) electrons. The predicted octanol–water partition coefficient (Wildman–Crippen LogP) is 4.07. The fraction of sp³-hybridized carbons (Fsp3) is 0.304. The molecule has 2 aromatic carbocycles. The molecule has 1 aliphatic heterocycles. The fourth-order valence-electron chi connectivity index (χ4n) is 3.86. The zero-order valence-electron chi connectivity index (χ0n) is 17.2. The van der Waals surface area contributed by atoms with E-state index in [0.29, 0.717) is 18.8 Å². The Bertz CT molecular complexity index is 1010. The molecule has 30 heavy (non-hydrogen) atoms. The monoisotopic (exact) mass is 424 g/mol. The Morgan fingerprint density at radius 1 is 1.00 bits per heavy atom. The number of carbonyl (C=O) groups is 1. The van der Waals surface area contributed by atoms with Gasteiger partial charge in [0.05, 0.1) is 28.5 Å². The van der Waals surface area contributed by atoms with E-state index in [1.54, 1.807) is 12.1 Å². The molecule has 0 unspecified atom stereocenters. The number of hydrogen-bond acceptors (Lipinski definition) is 4. The Balaban J connectivity index is 1.37. The molecular formula is C23H25FN4OS. The van der Waals surface area contributed by atoms with Crippen molar-refractivity contribution in [3.63, 3.8) is 0 Å². The van der Waals surface area contributed by atoms with Crippen molar-refractivity contribution < 1.29 is 9.18 Å². The SMILES string of the molecule is Cc1nn(-c2ccccc2)c(C)c1N1CCN(C(=O)CSc2ccc(F)cc2)CC1. The first kappa shape index (κ1) is 20.5. The maximum atomic E-state index is 13.0. The van der Waals surface area contributed by atoms with Gasteiger partial charge in [-0.05, 0) is 50.2 Å². The third kappa shape index (κ3) is 4.36. The van der Waals surface area contributed by atoms with Crippen molar-refractivity contribution in [1.29, 1.82) is 0 Å². The maximum Gasteiger partial charge on any atom is 0.233 e. The lowest BCUT2D eigenvalue weighted by Crippen LogP contribution is -2.49. The highest BCUT2D eigenvalue weighted by molar-refractivity contribution is 8.00. The summed E-state index contributed by atoms with van der Waals surface area (Å²) >= 11 is 1.45. The Kier molecular flexibility index (Phi) is 6.08. The van der Waals surface area contributed by atoms with Gasteiger partial charge >= 0.3 is 0 Å². The summed E-state index contributed by atoms with van der Waals surface area (Å²) in [6.07, 6.45) is 0.